The third-order valence-electron chi connectivity index (χ3n) is 6.29. The Labute approximate surface area is 174 Å². The Hall–Kier alpha value is -3.35. The van der Waals surface area contributed by atoms with E-state index in [0.29, 0.717) is 49.5 Å². The van der Waals surface area contributed by atoms with Crippen LogP contribution >= 0.6 is 0 Å². The van der Waals surface area contributed by atoms with E-state index in [0.717, 1.165) is 6.42 Å². The Bertz CT molecular complexity index is 1010. The molecule has 2 aromatic carbocycles. The minimum Gasteiger partial charge on any atom is -0.493 e. The topological polar surface area (TPSA) is 79.0 Å². The van der Waals surface area contributed by atoms with Gasteiger partial charge in [0, 0.05) is 37.2 Å². The fourth-order valence-electron chi connectivity index (χ4n) is 4.73. The Kier molecular flexibility index (Phi) is 4.46. The van der Waals surface area contributed by atoms with Gasteiger partial charge in [-0.2, -0.15) is 0 Å². The lowest BCUT2D eigenvalue weighted by atomic mass is 9.84. The van der Waals surface area contributed by atoms with Gasteiger partial charge in [0.2, 0.25) is 0 Å². The van der Waals surface area contributed by atoms with E-state index < -0.39 is 5.54 Å². The van der Waals surface area contributed by atoms with Crippen LogP contribution in [0.5, 0.6) is 5.75 Å². The molecule has 3 heterocycles. The molecule has 30 heavy (non-hydrogen) atoms. The Morgan fingerprint density at radius 3 is 2.70 bits per heavy atom. The summed E-state index contributed by atoms with van der Waals surface area (Å²) in [5.41, 5.74) is 0.319. The molecule has 0 unspecified atom stereocenters. The van der Waals surface area contributed by atoms with Crippen molar-refractivity contribution in [2.75, 3.05) is 26.2 Å². The first-order valence-electron chi connectivity index (χ1n) is 10.3. The molecule has 3 aliphatic heterocycles. The summed E-state index contributed by atoms with van der Waals surface area (Å²) >= 11 is 0. The molecule has 7 nitrogen and oxygen atoms in total. The third kappa shape index (κ3) is 2.93. The van der Waals surface area contributed by atoms with E-state index >= 15 is 0 Å². The molecule has 154 valence electrons. The predicted octanol–water partition coefficient (Wildman–Crippen LogP) is 2.38. The maximum atomic E-state index is 13.4. The van der Waals surface area contributed by atoms with Gasteiger partial charge < -0.3 is 15.0 Å². The zero-order valence-corrected chi connectivity index (χ0v) is 16.5. The molecule has 4 amide bonds. The first-order chi connectivity index (χ1) is 14.6. The minimum absolute atomic E-state index is 0.00914. The van der Waals surface area contributed by atoms with Gasteiger partial charge >= 0.3 is 6.03 Å². The van der Waals surface area contributed by atoms with Crippen molar-refractivity contribution >= 4 is 17.8 Å². The fourth-order valence-corrected chi connectivity index (χ4v) is 4.73. The summed E-state index contributed by atoms with van der Waals surface area (Å²) in [6.07, 6.45) is 1.18. The predicted molar refractivity (Wildman–Crippen MR) is 109 cm³/mol. The second-order valence-corrected chi connectivity index (χ2v) is 8.12. The van der Waals surface area contributed by atoms with Crippen molar-refractivity contribution in [3.8, 4) is 5.75 Å². The van der Waals surface area contributed by atoms with Gasteiger partial charge in [-0.05, 0) is 30.5 Å². The molecular formula is C23H23N3O4. The summed E-state index contributed by atoms with van der Waals surface area (Å²) < 4.78 is 5.68. The monoisotopic (exact) mass is 405 g/mol. The van der Waals surface area contributed by atoms with Crippen molar-refractivity contribution in [1.29, 1.82) is 0 Å². The molecule has 0 saturated carbocycles. The second-order valence-electron chi connectivity index (χ2n) is 8.12. The Balaban J connectivity index is 1.31. The van der Waals surface area contributed by atoms with Gasteiger partial charge in [0.25, 0.3) is 11.8 Å². The molecule has 2 fully saturated rings. The van der Waals surface area contributed by atoms with Gasteiger partial charge in [0.15, 0.2) is 5.54 Å². The van der Waals surface area contributed by atoms with Gasteiger partial charge in [-0.15, -0.1) is 0 Å². The Morgan fingerprint density at radius 1 is 1.10 bits per heavy atom. The summed E-state index contributed by atoms with van der Waals surface area (Å²) in [5, 5.41) is 2.94. The highest BCUT2D eigenvalue weighted by molar-refractivity contribution is 6.08. The van der Waals surface area contributed by atoms with Gasteiger partial charge in [-0.25, -0.2) is 4.79 Å². The first-order valence-corrected chi connectivity index (χ1v) is 10.3. The third-order valence-corrected chi connectivity index (χ3v) is 6.29. The molecule has 2 atom stereocenters. The average Bonchev–Trinajstić information content (AvgIpc) is 3.34. The van der Waals surface area contributed by atoms with Crippen LogP contribution in [0, 0.1) is 5.92 Å². The van der Waals surface area contributed by atoms with Gasteiger partial charge in [0.1, 0.15) is 5.75 Å². The highest BCUT2D eigenvalue weighted by atomic mass is 16.5. The van der Waals surface area contributed by atoms with Crippen molar-refractivity contribution in [1.82, 2.24) is 15.1 Å². The largest absolute Gasteiger partial charge is 0.493 e. The van der Waals surface area contributed by atoms with Crippen molar-refractivity contribution in [2.45, 2.75) is 18.4 Å². The number of ether oxygens (including phenoxy) is 1. The minimum atomic E-state index is -1.05. The zero-order valence-electron chi connectivity index (χ0n) is 16.5. The molecule has 5 rings (SSSR count). The lowest BCUT2D eigenvalue weighted by Gasteiger charge is -2.33. The molecule has 0 bridgehead atoms. The van der Waals surface area contributed by atoms with Gasteiger partial charge in [-0.3, -0.25) is 14.5 Å². The SMILES string of the molecule is O=C(c1ccccc1)N1CC[C@@H](CN2C(=O)N[C@@]3(CCOc4ccccc43)C2=O)C1. The summed E-state index contributed by atoms with van der Waals surface area (Å²) in [6, 6.07) is 16.2. The van der Waals surface area contributed by atoms with E-state index in [4.69, 9.17) is 4.74 Å². The second kappa shape index (κ2) is 7.16. The summed E-state index contributed by atoms with van der Waals surface area (Å²) in [5.74, 6) is 0.471. The van der Waals surface area contributed by atoms with Crippen LogP contribution < -0.4 is 10.1 Å². The van der Waals surface area contributed by atoms with E-state index in [9.17, 15) is 14.4 Å². The number of benzene rings is 2. The van der Waals surface area contributed by atoms with E-state index in [-0.39, 0.29) is 23.8 Å². The Morgan fingerprint density at radius 2 is 1.87 bits per heavy atom. The van der Waals surface area contributed by atoms with E-state index in [1.807, 2.05) is 42.5 Å². The number of urea groups is 1. The molecule has 0 radical (unpaired) electrons. The van der Waals surface area contributed by atoms with Crippen LogP contribution in [0.4, 0.5) is 4.79 Å². The highest BCUT2D eigenvalue weighted by Crippen LogP contribution is 2.41. The number of para-hydroxylation sites is 1. The molecular weight excluding hydrogens is 382 g/mol. The van der Waals surface area contributed by atoms with Crippen molar-refractivity contribution in [3.05, 3.63) is 65.7 Å². The molecule has 2 saturated heterocycles. The van der Waals surface area contributed by atoms with Crippen molar-refractivity contribution < 1.29 is 19.1 Å². The summed E-state index contributed by atoms with van der Waals surface area (Å²) in [4.78, 5) is 42.0. The van der Waals surface area contributed by atoms with Crippen LogP contribution in [0.1, 0.15) is 28.8 Å². The van der Waals surface area contributed by atoms with Crippen LogP contribution in [0.3, 0.4) is 0 Å². The van der Waals surface area contributed by atoms with Crippen LogP contribution in [-0.4, -0.2) is 53.9 Å². The maximum absolute atomic E-state index is 13.4. The molecule has 2 aromatic rings. The number of nitrogens with zero attached hydrogens (tertiary/aromatic N) is 2. The lowest BCUT2D eigenvalue weighted by Crippen LogP contribution is -2.47. The normalized spacial score (nSPS) is 25.3. The number of imide groups is 1. The first kappa shape index (κ1) is 18.7. The highest BCUT2D eigenvalue weighted by Gasteiger charge is 2.55. The van der Waals surface area contributed by atoms with E-state index in [1.54, 1.807) is 17.0 Å². The zero-order chi connectivity index (χ0) is 20.7. The number of hydrogen-bond acceptors (Lipinski definition) is 4. The number of nitrogens with one attached hydrogen (secondary N) is 1. The number of carbonyl (C=O) groups is 3. The molecule has 0 aromatic heterocycles. The number of rotatable bonds is 3. The van der Waals surface area contributed by atoms with E-state index in [2.05, 4.69) is 5.32 Å². The summed E-state index contributed by atoms with van der Waals surface area (Å²) in [7, 11) is 0. The van der Waals surface area contributed by atoms with E-state index in [1.165, 1.54) is 4.90 Å². The van der Waals surface area contributed by atoms with Crippen molar-refractivity contribution in [3.63, 3.8) is 0 Å². The number of likely N-dealkylation sites (tertiary alicyclic amines) is 1. The van der Waals surface area contributed by atoms with Gasteiger partial charge in [-0.1, -0.05) is 36.4 Å². The lowest BCUT2D eigenvalue weighted by molar-refractivity contribution is -0.133. The van der Waals surface area contributed by atoms with Crippen LogP contribution in [0.15, 0.2) is 54.6 Å². The molecule has 1 N–H and O–H groups in total. The molecule has 7 heteroatoms. The standard InChI is InChI=1S/C23H23N3O4/c27-20(17-6-2-1-3-7-17)25-12-10-16(14-25)15-26-21(28)23(24-22(26)29)11-13-30-19-9-5-4-8-18(19)23/h1-9,16H,10-15H2,(H,24,29)/t16-,23-/m1/s1. The molecule has 3 aliphatic rings. The number of carbonyl (C=O) groups excluding carboxylic acids is 3. The maximum Gasteiger partial charge on any atom is 0.325 e. The fraction of sp³-hybridized carbons (Fsp3) is 0.348. The van der Waals surface area contributed by atoms with Crippen molar-refractivity contribution in [2.24, 2.45) is 5.92 Å². The number of amides is 4. The average molecular weight is 405 g/mol. The molecule has 0 aliphatic carbocycles. The number of fused-ring (bicyclic) bond motifs is 2. The van der Waals surface area contributed by atoms with Gasteiger partial charge in [0.05, 0.1) is 6.61 Å². The smallest absolute Gasteiger partial charge is 0.325 e. The van der Waals surface area contributed by atoms with Crippen LogP contribution in [0.2, 0.25) is 0 Å². The molecule has 1 spiro atoms. The van der Waals surface area contributed by atoms with Crippen LogP contribution in [-0.2, 0) is 10.3 Å². The number of hydrogen-bond donors (Lipinski definition) is 1. The van der Waals surface area contributed by atoms with Crippen LogP contribution in [0.25, 0.3) is 0 Å². The quantitative estimate of drug-likeness (QED) is 0.796. The summed E-state index contributed by atoms with van der Waals surface area (Å²) in [6.45, 7) is 1.86.